The lowest BCUT2D eigenvalue weighted by atomic mass is 10.2. The zero-order valence-corrected chi connectivity index (χ0v) is 11.9. The molecule has 4 nitrogen and oxygen atoms in total. The summed E-state index contributed by atoms with van der Waals surface area (Å²) in [6.07, 6.45) is 8.73. The first-order valence-electron chi connectivity index (χ1n) is 6.35. The summed E-state index contributed by atoms with van der Waals surface area (Å²) in [4.78, 5) is 0. The minimum absolute atomic E-state index is 0.00383. The fourth-order valence-electron chi connectivity index (χ4n) is 2.05. The SMILES string of the molecule is C#CCN1[C@@H](COCc2ccccc2)C=CCS1(=O)=O. The Balaban J connectivity index is 1.95. The van der Waals surface area contributed by atoms with Crippen LogP contribution in [-0.4, -0.2) is 37.7 Å². The van der Waals surface area contributed by atoms with Gasteiger partial charge in [-0.05, 0) is 5.56 Å². The monoisotopic (exact) mass is 291 g/mol. The van der Waals surface area contributed by atoms with Crippen LogP contribution in [0.2, 0.25) is 0 Å². The van der Waals surface area contributed by atoms with E-state index in [1.165, 1.54) is 4.31 Å². The molecule has 1 atom stereocenters. The van der Waals surface area contributed by atoms with E-state index in [1.807, 2.05) is 36.4 Å². The van der Waals surface area contributed by atoms with Crippen LogP contribution in [0.4, 0.5) is 0 Å². The Morgan fingerprint density at radius 1 is 1.35 bits per heavy atom. The lowest BCUT2D eigenvalue weighted by Crippen LogP contribution is -2.45. The van der Waals surface area contributed by atoms with Crippen molar-refractivity contribution in [1.82, 2.24) is 4.31 Å². The van der Waals surface area contributed by atoms with E-state index >= 15 is 0 Å². The van der Waals surface area contributed by atoms with Crippen molar-refractivity contribution in [3.05, 3.63) is 48.0 Å². The van der Waals surface area contributed by atoms with E-state index in [2.05, 4.69) is 5.92 Å². The molecule has 0 N–H and O–H groups in total. The number of hydrogen-bond donors (Lipinski definition) is 0. The second-order valence-corrected chi connectivity index (χ2v) is 6.49. The van der Waals surface area contributed by atoms with Gasteiger partial charge in [0, 0.05) is 0 Å². The quantitative estimate of drug-likeness (QED) is 0.608. The van der Waals surface area contributed by atoms with Gasteiger partial charge in [-0.2, -0.15) is 4.31 Å². The molecule has 0 saturated carbocycles. The van der Waals surface area contributed by atoms with E-state index in [-0.39, 0.29) is 18.3 Å². The largest absolute Gasteiger partial charge is 0.375 e. The molecule has 0 radical (unpaired) electrons. The molecule has 5 heteroatoms. The molecule has 1 aromatic rings. The maximum absolute atomic E-state index is 11.9. The Hall–Kier alpha value is -1.61. The lowest BCUT2D eigenvalue weighted by Gasteiger charge is -2.29. The number of rotatable bonds is 5. The predicted molar refractivity (Wildman–Crippen MR) is 78.4 cm³/mol. The first-order chi connectivity index (χ1) is 9.63. The van der Waals surface area contributed by atoms with E-state index in [9.17, 15) is 8.42 Å². The van der Waals surface area contributed by atoms with Gasteiger partial charge in [0.15, 0.2) is 0 Å². The first-order valence-corrected chi connectivity index (χ1v) is 7.96. The number of sulfonamides is 1. The summed E-state index contributed by atoms with van der Waals surface area (Å²) >= 11 is 0. The maximum atomic E-state index is 11.9. The van der Waals surface area contributed by atoms with Gasteiger partial charge in [-0.3, -0.25) is 0 Å². The highest BCUT2D eigenvalue weighted by molar-refractivity contribution is 7.89. The Bertz CT molecular complexity index is 602. The van der Waals surface area contributed by atoms with Gasteiger partial charge in [0.2, 0.25) is 10.0 Å². The molecule has 0 unspecified atom stereocenters. The molecule has 0 amide bonds. The van der Waals surface area contributed by atoms with E-state index in [4.69, 9.17) is 11.2 Å². The number of ether oxygens (including phenoxy) is 1. The molecule has 1 heterocycles. The maximum Gasteiger partial charge on any atom is 0.219 e. The number of benzene rings is 1. The molecule has 106 valence electrons. The van der Waals surface area contributed by atoms with E-state index in [1.54, 1.807) is 6.08 Å². The van der Waals surface area contributed by atoms with Gasteiger partial charge in [-0.15, -0.1) is 6.42 Å². The third-order valence-electron chi connectivity index (χ3n) is 3.04. The third-order valence-corrected chi connectivity index (χ3v) is 4.77. The molecule has 2 rings (SSSR count). The van der Waals surface area contributed by atoms with Crippen molar-refractivity contribution in [3.63, 3.8) is 0 Å². The van der Waals surface area contributed by atoms with Crippen molar-refractivity contribution in [2.45, 2.75) is 12.6 Å². The van der Waals surface area contributed by atoms with Crippen LogP contribution in [-0.2, 0) is 21.4 Å². The summed E-state index contributed by atoms with van der Waals surface area (Å²) in [5, 5.41) is 0. The Kier molecular flexibility index (Phi) is 4.96. The van der Waals surface area contributed by atoms with Crippen molar-refractivity contribution in [3.8, 4) is 12.3 Å². The van der Waals surface area contributed by atoms with Gasteiger partial charge in [-0.25, -0.2) is 8.42 Å². The molecule has 0 spiro atoms. The van der Waals surface area contributed by atoms with Gasteiger partial charge in [0.05, 0.1) is 31.6 Å². The molecular weight excluding hydrogens is 274 g/mol. The molecular formula is C15H17NO3S. The number of hydrogen-bond acceptors (Lipinski definition) is 3. The van der Waals surface area contributed by atoms with Crippen LogP contribution in [0.25, 0.3) is 0 Å². The van der Waals surface area contributed by atoms with Crippen LogP contribution in [0, 0.1) is 12.3 Å². The minimum Gasteiger partial charge on any atom is -0.375 e. The summed E-state index contributed by atoms with van der Waals surface area (Å²) in [6, 6.07) is 9.42. The van der Waals surface area contributed by atoms with Crippen LogP contribution < -0.4 is 0 Å². The highest BCUT2D eigenvalue weighted by Crippen LogP contribution is 2.15. The topological polar surface area (TPSA) is 46.6 Å². The smallest absolute Gasteiger partial charge is 0.219 e. The van der Waals surface area contributed by atoms with Gasteiger partial charge >= 0.3 is 0 Å². The fraction of sp³-hybridized carbons (Fsp3) is 0.333. The first kappa shape index (κ1) is 14.8. The molecule has 20 heavy (non-hydrogen) atoms. The summed E-state index contributed by atoms with van der Waals surface area (Å²) in [6.45, 7) is 0.827. The van der Waals surface area contributed by atoms with Crippen LogP contribution in [0.1, 0.15) is 5.56 Å². The van der Waals surface area contributed by atoms with Crippen LogP contribution in [0.3, 0.4) is 0 Å². The molecule has 1 aliphatic heterocycles. The van der Waals surface area contributed by atoms with Crippen LogP contribution in [0.5, 0.6) is 0 Å². The summed E-state index contributed by atoms with van der Waals surface area (Å²) in [5.74, 6) is 2.39. The Morgan fingerprint density at radius 2 is 2.10 bits per heavy atom. The molecule has 0 aromatic heterocycles. The van der Waals surface area contributed by atoms with Gasteiger partial charge in [0.1, 0.15) is 0 Å². The second-order valence-electron chi connectivity index (χ2n) is 4.52. The summed E-state index contributed by atoms with van der Waals surface area (Å²) in [5.41, 5.74) is 1.05. The van der Waals surface area contributed by atoms with Gasteiger partial charge in [0.25, 0.3) is 0 Å². The van der Waals surface area contributed by atoms with Crippen molar-refractivity contribution in [2.75, 3.05) is 18.9 Å². The zero-order valence-electron chi connectivity index (χ0n) is 11.1. The molecule has 0 aliphatic carbocycles. The van der Waals surface area contributed by atoms with Crippen molar-refractivity contribution in [2.24, 2.45) is 0 Å². The molecule has 1 aliphatic rings. The second kappa shape index (κ2) is 6.71. The van der Waals surface area contributed by atoms with E-state index < -0.39 is 10.0 Å². The number of terminal acetylenes is 1. The Labute approximate surface area is 120 Å². The lowest BCUT2D eigenvalue weighted by molar-refractivity contribution is 0.0927. The number of nitrogens with zero attached hydrogens (tertiary/aromatic N) is 1. The molecule has 0 bridgehead atoms. The van der Waals surface area contributed by atoms with Crippen LogP contribution in [0.15, 0.2) is 42.5 Å². The van der Waals surface area contributed by atoms with Crippen molar-refractivity contribution < 1.29 is 13.2 Å². The molecule has 1 aromatic carbocycles. The van der Waals surface area contributed by atoms with E-state index in [0.717, 1.165) is 5.56 Å². The minimum atomic E-state index is -3.31. The average Bonchev–Trinajstić information content (AvgIpc) is 2.43. The summed E-state index contributed by atoms with van der Waals surface area (Å²) < 4.78 is 30.8. The van der Waals surface area contributed by atoms with Gasteiger partial charge < -0.3 is 4.74 Å². The van der Waals surface area contributed by atoms with E-state index in [0.29, 0.717) is 13.2 Å². The molecule has 0 fully saturated rings. The predicted octanol–water partition coefficient (Wildman–Crippen LogP) is 1.41. The van der Waals surface area contributed by atoms with Crippen LogP contribution >= 0.6 is 0 Å². The Morgan fingerprint density at radius 3 is 2.80 bits per heavy atom. The average molecular weight is 291 g/mol. The van der Waals surface area contributed by atoms with Crippen molar-refractivity contribution in [1.29, 1.82) is 0 Å². The third kappa shape index (κ3) is 3.70. The summed E-state index contributed by atoms with van der Waals surface area (Å²) in [7, 11) is -3.31. The molecule has 0 saturated heterocycles. The highest BCUT2D eigenvalue weighted by atomic mass is 32.2. The highest BCUT2D eigenvalue weighted by Gasteiger charge is 2.30. The normalized spacial score (nSPS) is 21.4. The van der Waals surface area contributed by atoms with Crippen molar-refractivity contribution >= 4 is 10.0 Å². The fourth-order valence-corrected chi connectivity index (χ4v) is 3.41. The standard InChI is InChI=1S/C15H17NO3S/c1-2-10-16-15(9-6-11-20(16,17)18)13-19-12-14-7-4-3-5-8-14/h1,3-9,15H,10-13H2/t15-/m1/s1. The zero-order chi connectivity index (χ0) is 14.4. The van der Waals surface area contributed by atoms with Gasteiger partial charge in [-0.1, -0.05) is 48.4 Å².